The van der Waals surface area contributed by atoms with Crippen LogP contribution in [0.15, 0.2) is 18.2 Å². The van der Waals surface area contributed by atoms with Gasteiger partial charge in [-0.25, -0.2) is 9.59 Å². The van der Waals surface area contributed by atoms with Crippen LogP contribution in [0.3, 0.4) is 0 Å². The van der Waals surface area contributed by atoms with Crippen molar-refractivity contribution >= 4 is 12.1 Å². The molecule has 0 saturated heterocycles. The number of hydrogen-bond donors (Lipinski definition) is 2. The van der Waals surface area contributed by atoms with Gasteiger partial charge in [-0.1, -0.05) is 6.07 Å². The first kappa shape index (κ1) is 18.9. The predicted molar refractivity (Wildman–Crippen MR) is 87.7 cm³/mol. The van der Waals surface area contributed by atoms with Crippen LogP contribution in [-0.2, 0) is 20.7 Å². The number of nitrogens with one attached hydrogen (secondary N) is 1. The molecule has 8 nitrogen and oxygen atoms in total. The van der Waals surface area contributed by atoms with Gasteiger partial charge in [-0.05, 0) is 38.0 Å². The maximum Gasteiger partial charge on any atom is 0.407 e. The predicted octanol–water partition coefficient (Wildman–Crippen LogP) is 1.04. The van der Waals surface area contributed by atoms with E-state index >= 15 is 0 Å². The van der Waals surface area contributed by atoms with Gasteiger partial charge in [-0.3, -0.25) is 0 Å². The monoisotopic (exact) mass is 353 g/mol. The molecule has 0 spiro atoms. The van der Waals surface area contributed by atoms with Gasteiger partial charge < -0.3 is 29.4 Å². The molecular weight excluding hydrogens is 330 g/mol. The average Bonchev–Trinajstić information content (AvgIpc) is 2.61. The highest BCUT2D eigenvalue weighted by atomic mass is 16.6. The van der Waals surface area contributed by atoms with Gasteiger partial charge in [-0.2, -0.15) is 0 Å². The summed E-state index contributed by atoms with van der Waals surface area (Å²) >= 11 is 0. The Kier molecular flexibility index (Phi) is 6.88. The van der Waals surface area contributed by atoms with Gasteiger partial charge in [0.25, 0.3) is 0 Å². The van der Waals surface area contributed by atoms with Crippen molar-refractivity contribution in [3.05, 3.63) is 23.8 Å². The summed E-state index contributed by atoms with van der Waals surface area (Å²) in [6, 6.07) is 4.39. The normalized spacial score (nSPS) is 15.0. The van der Waals surface area contributed by atoms with E-state index in [9.17, 15) is 14.7 Å². The standard InChI is InChI=1S/C17H23NO7/c1-3-22-16(20)15(19)12(18-17(21)23-4-2)9-11-5-6-13-14(10-11)25-8-7-24-13/h5-6,10,12,15,19H,3-4,7-9H2,1-2H3,(H,18,21). The Morgan fingerprint density at radius 1 is 1.16 bits per heavy atom. The van der Waals surface area contributed by atoms with Crippen LogP contribution in [0.25, 0.3) is 0 Å². The Balaban J connectivity index is 2.13. The number of carbonyl (C=O) groups is 2. The third kappa shape index (κ3) is 5.25. The Bertz CT molecular complexity index is 605. The number of esters is 1. The van der Waals surface area contributed by atoms with Gasteiger partial charge in [0.2, 0.25) is 0 Å². The second kappa shape index (κ2) is 9.12. The SMILES string of the molecule is CCOC(=O)NC(Cc1ccc2c(c1)OCCO2)C(O)C(=O)OCC. The van der Waals surface area contributed by atoms with Crippen LogP contribution >= 0.6 is 0 Å². The molecule has 2 rings (SSSR count). The van der Waals surface area contributed by atoms with Crippen LogP contribution < -0.4 is 14.8 Å². The van der Waals surface area contributed by atoms with E-state index in [1.807, 2.05) is 0 Å². The molecule has 1 aromatic rings. The van der Waals surface area contributed by atoms with E-state index in [-0.39, 0.29) is 19.6 Å². The molecule has 1 heterocycles. The van der Waals surface area contributed by atoms with Crippen molar-refractivity contribution in [2.24, 2.45) is 0 Å². The maximum atomic E-state index is 11.8. The second-order valence-corrected chi connectivity index (χ2v) is 5.35. The maximum absolute atomic E-state index is 11.8. The first-order valence-electron chi connectivity index (χ1n) is 8.21. The van der Waals surface area contributed by atoms with E-state index in [1.54, 1.807) is 32.0 Å². The van der Waals surface area contributed by atoms with E-state index < -0.39 is 24.2 Å². The average molecular weight is 353 g/mol. The summed E-state index contributed by atoms with van der Waals surface area (Å²) in [6.07, 6.45) is -2.04. The van der Waals surface area contributed by atoms with Crippen LogP contribution in [-0.4, -0.2) is 55.7 Å². The molecule has 1 amide bonds. The summed E-state index contributed by atoms with van der Waals surface area (Å²) < 4.78 is 20.6. The molecule has 8 heteroatoms. The molecule has 1 aliphatic heterocycles. The van der Waals surface area contributed by atoms with Gasteiger partial charge in [0.1, 0.15) is 13.2 Å². The molecule has 2 unspecified atom stereocenters. The van der Waals surface area contributed by atoms with E-state index in [2.05, 4.69) is 5.32 Å². The van der Waals surface area contributed by atoms with Gasteiger partial charge in [0, 0.05) is 0 Å². The molecule has 0 fully saturated rings. The quantitative estimate of drug-likeness (QED) is 0.706. The number of benzene rings is 1. The minimum Gasteiger partial charge on any atom is -0.486 e. The summed E-state index contributed by atoms with van der Waals surface area (Å²) in [5, 5.41) is 12.7. The largest absolute Gasteiger partial charge is 0.486 e. The van der Waals surface area contributed by atoms with Crippen LogP contribution in [0.1, 0.15) is 19.4 Å². The highest BCUT2D eigenvalue weighted by Gasteiger charge is 2.30. The molecule has 2 atom stereocenters. The number of fused-ring (bicyclic) bond motifs is 1. The number of alkyl carbamates (subject to hydrolysis) is 1. The zero-order chi connectivity index (χ0) is 18.2. The number of amides is 1. The van der Waals surface area contributed by atoms with E-state index in [0.29, 0.717) is 24.7 Å². The Labute approximate surface area is 146 Å². The van der Waals surface area contributed by atoms with Crippen molar-refractivity contribution in [1.29, 1.82) is 0 Å². The smallest absolute Gasteiger partial charge is 0.407 e. The van der Waals surface area contributed by atoms with Crippen molar-refractivity contribution in [3.63, 3.8) is 0 Å². The molecular formula is C17H23NO7. The van der Waals surface area contributed by atoms with Crippen molar-refractivity contribution < 1.29 is 33.6 Å². The first-order chi connectivity index (χ1) is 12.0. The number of ether oxygens (including phenoxy) is 4. The fourth-order valence-corrected chi connectivity index (χ4v) is 2.43. The lowest BCUT2D eigenvalue weighted by Gasteiger charge is -2.24. The summed E-state index contributed by atoms with van der Waals surface area (Å²) in [5.41, 5.74) is 0.759. The zero-order valence-electron chi connectivity index (χ0n) is 14.3. The summed E-state index contributed by atoms with van der Waals surface area (Å²) in [6.45, 7) is 4.55. The van der Waals surface area contributed by atoms with Crippen LogP contribution in [0, 0.1) is 0 Å². The number of hydrogen-bond acceptors (Lipinski definition) is 7. The van der Waals surface area contributed by atoms with Crippen LogP contribution in [0.5, 0.6) is 11.5 Å². The fraction of sp³-hybridized carbons (Fsp3) is 0.529. The third-order valence-corrected chi connectivity index (χ3v) is 3.55. The van der Waals surface area contributed by atoms with E-state index in [1.165, 1.54) is 0 Å². The number of aliphatic hydroxyl groups is 1. The molecule has 1 aliphatic rings. The lowest BCUT2D eigenvalue weighted by Crippen LogP contribution is -2.49. The topological polar surface area (TPSA) is 103 Å². The molecule has 138 valence electrons. The van der Waals surface area contributed by atoms with Crippen molar-refractivity contribution in [1.82, 2.24) is 5.32 Å². The number of aliphatic hydroxyl groups excluding tert-OH is 1. The Hall–Kier alpha value is -2.48. The van der Waals surface area contributed by atoms with Gasteiger partial charge in [-0.15, -0.1) is 0 Å². The van der Waals surface area contributed by atoms with Crippen molar-refractivity contribution in [2.45, 2.75) is 32.4 Å². The Morgan fingerprint density at radius 2 is 1.84 bits per heavy atom. The minimum atomic E-state index is -1.52. The zero-order valence-corrected chi connectivity index (χ0v) is 14.3. The lowest BCUT2D eigenvalue weighted by atomic mass is 10.0. The van der Waals surface area contributed by atoms with Crippen LogP contribution in [0.2, 0.25) is 0 Å². The lowest BCUT2D eigenvalue weighted by molar-refractivity contribution is -0.154. The van der Waals surface area contributed by atoms with E-state index in [0.717, 1.165) is 5.56 Å². The highest BCUT2D eigenvalue weighted by Crippen LogP contribution is 2.31. The van der Waals surface area contributed by atoms with Crippen molar-refractivity contribution in [3.8, 4) is 11.5 Å². The molecule has 0 saturated carbocycles. The van der Waals surface area contributed by atoms with Crippen molar-refractivity contribution in [2.75, 3.05) is 26.4 Å². The minimum absolute atomic E-state index is 0.131. The summed E-state index contributed by atoms with van der Waals surface area (Å²) in [7, 11) is 0. The van der Waals surface area contributed by atoms with Crippen LogP contribution in [0.4, 0.5) is 4.79 Å². The molecule has 0 aliphatic carbocycles. The second-order valence-electron chi connectivity index (χ2n) is 5.35. The molecule has 2 N–H and O–H groups in total. The third-order valence-electron chi connectivity index (χ3n) is 3.55. The molecule has 25 heavy (non-hydrogen) atoms. The highest BCUT2D eigenvalue weighted by molar-refractivity contribution is 5.77. The van der Waals surface area contributed by atoms with Gasteiger partial charge in [0.15, 0.2) is 17.6 Å². The number of rotatable bonds is 7. The number of carbonyl (C=O) groups excluding carboxylic acids is 2. The molecule has 1 aromatic carbocycles. The van der Waals surface area contributed by atoms with E-state index in [4.69, 9.17) is 18.9 Å². The molecule has 0 radical (unpaired) electrons. The summed E-state index contributed by atoms with van der Waals surface area (Å²) in [4.78, 5) is 23.6. The molecule has 0 aromatic heterocycles. The van der Waals surface area contributed by atoms with Gasteiger partial charge in [0.05, 0.1) is 19.3 Å². The Morgan fingerprint density at radius 3 is 2.52 bits per heavy atom. The molecule has 0 bridgehead atoms. The summed E-state index contributed by atoms with van der Waals surface area (Å²) in [5.74, 6) is 0.418. The van der Waals surface area contributed by atoms with Gasteiger partial charge >= 0.3 is 12.1 Å². The fourth-order valence-electron chi connectivity index (χ4n) is 2.43. The first-order valence-corrected chi connectivity index (χ1v) is 8.21.